The van der Waals surface area contributed by atoms with Gasteiger partial charge in [-0.3, -0.25) is 14.5 Å². The average Bonchev–Trinajstić information content (AvgIpc) is 2.50. The number of piperidine rings is 1. The van der Waals surface area contributed by atoms with E-state index >= 15 is 0 Å². The maximum atomic E-state index is 12.2. The van der Waals surface area contributed by atoms with E-state index in [-0.39, 0.29) is 17.8 Å². The van der Waals surface area contributed by atoms with Crippen LogP contribution in [0.4, 0.5) is 5.69 Å². The van der Waals surface area contributed by atoms with Gasteiger partial charge >= 0.3 is 5.97 Å². The summed E-state index contributed by atoms with van der Waals surface area (Å²) in [4.78, 5) is 26.0. The quantitative estimate of drug-likeness (QED) is 0.847. The first-order valence-electron chi connectivity index (χ1n) is 7.84. The molecule has 5 nitrogen and oxygen atoms in total. The third kappa shape index (κ3) is 4.56. The summed E-state index contributed by atoms with van der Waals surface area (Å²) in [6.07, 6.45) is 1.76. The van der Waals surface area contributed by atoms with E-state index in [1.54, 1.807) is 0 Å². The van der Waals surface area contributed by atoms with Crippen molar-refractivity contribution in [3.63, 3.8) is 0 Å². The fourth-order valence-corrected chi connectivity index (χ4v) is 2.76. The third-order valence-corrected chi connectivity index (χ3v) is 3.91. The highest BCUT2D eigenvalue weighted by Crippen LogP contribution is 2.18. The molecule has 0 aliphatic carbocycles. The van der Waals surface area contributed by atoms with Crippen LogP contribution >= 0.6 is 0 Å². The largest absolute Gasteiger partial charge is 0.466 e. The number of hydrogen-bond donors (Lipinski definition) is 1. The van der Waals surface area contributed by atoms with Crippen LogP contribution in [0.2, 0.25) is 0 Å². The number of nitrogens with zero attached hydrogens (tertiary/aromatic N) is 1. The number of benzene rings is 1. The Balaban J connectivity index is 1.86. The summed E-state index contributed by atoms with van der Waals surface area (Å²) in [6, 6.07) is 7.71. The van der Waals surface area contributed by atoms with Gasteiger partial charge in [0.25, 0.3) is 0 Å². The molecule has 1 atom stereocenters. The smallest absolute Gasteiger partial charge is 0.310 e. The molecule has 0 aromatic heterocycles. The number of hydrogen-bond acceptors (Lipinski definition) is 4. The normalized spacial score (nSPS) is 18.7. The number of para-hydroxylation sites is 1. The maximum Gasteiger partial charge on any atom is 0.310 e. The molecule has 22 heavy (non-hydrogen) atoms. The second-order valence-electron chi connectivity index (χ2n) is 5.69. The van der Waals surface area contributed by atoms with E-state index in [1.165, 1.54) is 0 Å². The van der Waals surface area contributed by atoms with Gasteiger partial charge in [0.05, 0.1) is 19.1 Å². The maximum absolute atomic E-state index is 12.2. The van der Waals surface area contributed by atoms with Gasteiger partial charge in [-0.15, -0.1) is 0 Å². The molecular weight excluding hydrogens is 280 g/mol. The summed E-state index contributed by atoms with van der Waals surface area (Å²) < 4.78 is 5.08. The highest BCUT2D eigenvalue weighted by Gasteiger charge is 2.27. The number of rotatable bonds is 5. The molecule has 1 N–H and O–H groups in total. The molecule has 1 aromatic rings. The van der Waals surface area contributed by atoms with Crippen molar-refractivity contribution in [2.24, 2.45) is 5.92 Å². The molecule has 0 radical (unpaired) electrons. The Morgan fingerprint density at radius 3 is 2.86 bits per heavy atom. The average molecular weight is 304 g/mol. The van der Waals surface area contributed by atoms with Crippen molar-refractivity contribution < 1.29 is 14.3 Å². The van der Waals surface area contributed by atoms with Gasteiger partial charge in [-0.1, -0.05) is 18.2 Å². The number of ether oxygens (including phenoxy) is 1. The molecule has 0 bridgehead atoms. The molecule has 2 rings (SSSR count). The predicted molar refractivity (Wildman–Crippen MR) is 85.6 cm³/mol. The second-order valence-corrected chi connectivity index (χ2v) is 5.69. The van der Waals surface area contributed by atoms with Gasteiger partial charge in [-0.2, -0.15) is 0 Å². The fourth-order valence-electron chi connectivity index (χ4n) is 2.76. The van der Waals surface area contributed by atoms with E-state index in [2.05, 4.69) is 5.32 Å². The van der Waals surface area contributed by atoms with Gasteiger partial charge in [-0.25, -0.2) is 0 Å². The number of amides is 1. The summed E-state index contributed by atoms with van der Waals surface area (Å²) in [5.41, 5.74) is 1.88. The lowest BCUT2D eigenvalue weighted by molar-refractivity contribution is -0.150. The van der Waals surface area contributed by atoms with Crippen LogP contribution in [0.25, 0.3) is 0 Å². The lowest BCUT2D eigenvalue weighted by Crippen LogP contribution is -2.43. The Morgan fingerprint density at radius 2 is 2.14 bits per heavy atom. The van der Waals surface area contributed by atoms with E-state index in [0.717, 1.165) is 30.6 Å². The fraction of sp³-hybridized carbons (Fsp3) is 0.529. The first-order valence-corrected chi connectivity index (χ1v) is 7.84. The number of esters is 1. The van der Waals surface area contributed by atoms with Gasteiger partial charge in [-0.05, 0) is 44.9 Å². The Bertz CT molecular complexity index is 530. The number of carbonyl (C=O) groups is 2. The van der Waals surface area contributed by atoms with Crippen LogP contribution in [-0.4, -0.2) is 43.0 Å². The summed E-state index contributed by atoms with van der Waals surface area (Å²) in [5.74, 6) is -0.301. The number of likely N-dealkylation sites (tertiary alicyclic amines) is 1. The zero-order chi connectivity index (χ0) is 15.9. The molecule has 1 aromatic carbocycles. The van der Waals surface area contributed by atoms with Crippen molar-refractivity contribution in [1.29, 1.82) is 0 Å². The van der Waals surface area contributed by atoms with Gasteiger partial charge < -0.3 is 10.1 Å². The molecule has 1 aliphatic heterocycles. The summed E-state index contributed by atoms with van der Waals surface area (Å²) in [5, 5.41) is 2.93. The minimum atomic E-state index is -0.147. The van der Waals surface area contributed by atoms with E-state index in [4.69, 9.17) is 4.74 Å². The Kier molecular flexibility index (Phi) is 5.95. The molecule has 1 heterocycles. The van der Waals surface area contributed by atoms with Crippen LogP contribution in [-0.2, 0) is 14.3 Å². The SMILES string of the molecule is CCOC(=O)[C@H]1CCCN(CC(=O)Nc2ccccc2C)C1. The second kappa shape index (κ2) is 7.94. The van der Waals surface area contributed by atoms with Gasteiger partial charge in [0.15, 0.2) is 0 Å². The molecule has 1 aliphatic rings. The molecule has 0 saturated carbocycles. The molecule has 120 valence electrons. The number of aryl methyl sites for hydroxylation is 1. The van der Waals surface area contributed by atoms with Crippen molar-refractivity contribution in [1.82, 2.24) is 4.90 Å². The van der Waals surface area contributed by atoms with Crippen LogP contribution in [0.1, 0.15) is 25.3 Å². The van der Waals surface area contributed by atoms with Crippen molar-refractivity contribution in [2.45, 2.75) is 26.7 Å². The van der Waals surface area contributed by atoms with E-state index in [9.17, 15) is 9.59 Å². The third-order valence-electron chi connectivity index (χ3n) is 3.91. The lowest BCUT2D eigenvalue weighted by atomic mass is 9.98. The van der Waals surface area contributed by atoms with Crippen LogP contribution in [0, 0.1) is 12.8 Å². The van der Waals surface area contributed by atoms with Crippen molar-refractivity contribution in [2.75, 3.05) is 31.6 Å². The van der Waals surface area contributed by atoms with Crippen molar-refractivity contribution in [3.8, 4) is 0 Å². The molecule has 0 unspecified atom stereocenters. The van der Waals surface area contributed by atoms with Gasteiger partial charge in [0.1, 0.15) is 0 Å². The van der Waals surface area contributed by atoms with Gasteiger partial charge in [0.2, 0.25) is 5.91 Å². The van der Waals surface area contributed by atoms with Gasteiger partial charge in [0, 0.05) is 12.2 Å². The van der Waals surface area contributed by atoms with Crippen LogP contribution in [0.15, 0.2) is 24.3 Å². The van der Waals surface area contributed by atoms with Crippen LogP contribution in [0.5, 0.6) is 0 Å². The standard InChI is InChI=1S/C17H24N2O3/c1-3-22-17(21)14-8-6-10-19(11-14)12-16(20)18-15-9-5-4-7-13(15)2/h4-5,7,9,14H,3,6,8,10-12H2,1-2H3,(H,18,20)/t14-/m0/s1. The lowest BCUT2D eigenvalue weighted by Gasteiger charge is -2.30. The van der Waals surface area contributed by atoms with E-state index in [0.29, 0.717) is 19.7 Å². The van der Waals surface area contributed by atoms with E-state index in [1.807, 2.05) is 43.0 Å². The van der Waals surface area contributed by atoms with E-state index < -0.39 is 0 Å². The number of carbonyl (C=O) groups excluding carboxylic acids is 2. The van der Waals surface area contributed by atoms with Crippen LogP contribution in [0.3, 0.4) is 0 Å². The molecule has 0 spiro atoms. The molecular formula is C17H24N2O3. The number of anilines is 1. The molecule has 5 heteroatoms. The highest BCUT2D eigenvalue weighted by atomic mass is 16.5. The zero-order valence-corrected chi connectivity index (χ0v) is 13.3. The van der Waals surface area contributed by atoms with Crippen LogP contribution < -0.4 is 5.32 Å². The minimum absolute atomic E-state index is 0.0428. The first-order chi connectivity index (χ1) is 10.6. The summed E-state index contributed by atoms with van der Waals surface area (Å²) in [6.45, 7) is 5.94. The minimum Gasteiger partial charge on any atom is -0.466 e. The Hall–Kier alpha value is -1.88. The highest BCUT2D eigenvalue weighted by molar-refractivity contribution is 5.93. The molecule has 1 fully saturated rings. The van der Waals surface area contributed by atoms with Crippen molar-refractivity contribution in [3.05, 3.63) is 29.8 Å². The number of nitrogens with one attached hydrogen (secondary N) is 1. The molecule has 1 amide bonds. The Labute approximate surface area is 131 Å². The predicted octanol–water partition coefficient (Wildman–Crippen LogP) is 2.21. The molecule has 1 saturated heterocycles. The summed E-state index contributed by atoms with van der Waals surface area (Å²) in [7, 11) is 0. The first kappa shape index (κ1) is 16.5. The summed E-state index contributed by atoms with van der Waals surface area (Å²) >= 11 is 0. The zero-order valence-electron chi connectivity index (χ0n) is 13.3. The topological polar surface area (TPSA) is 58.6 Å². The monoisotopic (exact) mass is 304 g/mol. The van der Waals surface area contributed by atoms with Crippen molar-refractivity contribution >= 4 is 17.6 Å². The Morgan fingerprint density at radius 1 is 1.36 bits per heavy atom.